The maximum absolute atomic E-state index is 13.1. The number of hydrogen-bond acceptors (Lipinski definition) is 8. The second-order valence-corrected chi connectivity index (χ2v) is 22.6. The van der Waals surface area contributed by atoms with Crippen molar-refractivity contribution in [2.45, 2.75) is 365 Å². The van der Waals surface area contributed by atoms with Crippen LogP contribution in [0.4, 0.5) is 0 Å². The van der Waals surface area contributed by atoms with Crippen LogP contribution in [0.1, 0.15) is 322 Å². The third-order valence-electron chi connectivity index (χ3n) is 15.6. The van der Waals surface area contributed by atoms with Crippen LogP contribution >= 0.6 is 0 Å². The van der Waals surface area contributed by atoms with Gasteiger partial charge in [-0.15, -0.1) is 0 Å². The highest BCUT2D eigenvalue weighted by atomic mass is 16.7. The lowest BCUT2D eigenvalue weighted by atomic mass is 9.99. The molecular formula is C64H123NO8. The number of carbonyl (C=O) groups excluding carboxylic acids is 1. The fourth-order valence-electron chi connectivity index (χ4n) is 10.5. The average Bonchev–Trinajstić information content (AvgIpc) is 3.39. The molecule has 7 atom stereocenters. The van der Waals surface area contributed by atoms with Crippen molar-refractivity contribution >= 4 is 5.91 Å². The van der Waals surface area contributed by atoms with Crippen molar-refractivity contribution in [1.82, 2.24) is 5.32 Å². The van der Waals surface area contributed by atoms with E-state index in [1.54, 1.807) is 0 Å². The molecule has 73 heavy (non-hydrogen) atoms. The van der Waals surface area contributed by atoms with E-state index in [1.807, 2.05) is 0 Å². The number of unbranched alkanes of at least 4 members (excludes halogenated alkanes) is 42. The average molecular weight is 1030 g/mol. The van der Waals surface area contributed by atoms with E-state index >= 15 is 0 Å². The smallest absolute Gasteiger partial charge is 0.220 e. The van der Waals surface area contributed by atoms with Crippen LogP contribution in [0.2, 0.25) is 0 Å². The molecule has 1 aliphatic heterocycles. The molecule has 9 nitrogen and oxygen atoms in total. The molecule has 6 N–H and O–H groups in total. The van der Waals surface area contributed by atoms with Crippen LogP contribution in [-0.4, -0.2) is 87.5 Å². The molecule has 1 amide bonds. The quantitative estimate of drug-likeness (QED) is 0.0261. The van der Waals surface area contributed by atoms with E-state index in [4.69, 9.17) is 9.47 Å². The molecule has 1 saturated heterocycles. The Hall–Kier alpha value is -1.33. The van der Waals surface area contributed by atoms with Gasteiger partial charge in [0.2, 0.25) is 5.91 Å². The number of nitrogens with one attached hydrogen (secondary N) is 1. The number of carbonyl (C=O) groups is 1. The number of aliphatic hydroxyl groups excluding tert-OH is 5. The largest absolute Gasteiger partial charge is 0.394 e. The molecule has 7 unspecified atom stereocenters. The van der Waals surface area contributed by atoms with Gasteiger partial charge in [0, 0.05) is 6.42 Å². The van der Waals surface area contributed by atoms with Crippen LogP contribution in [0.3, 0.4) is 0 Å². The molecule has 432 valence electrons. The molecule has 0 aromatic rings. The van der Waals surface area contributed by atoms with Crippen molar-refractivity contribution in [1.29, 1.82) is 0 Å². The molecule has 9 heteroatoms. The maximum atomic E-state index is 13.1. The summed E-state index contributed by atoms with van der Waals surface area (Å²) in [5, 5.41) is 54.8. The molecule has 0 aromatic carbocycles. The predicted molar refractivity (Wildman–Crippen MR) is 309 cm³/mol. The van der Waals surface area contributed by atoms with Crippen LogP contribution in [0.15, 0.2) is 24.3 Å². The van der Waals surface area contributed by atoms with Crippen LogP contribution < -0.4 is 5.32 Å². The number of hydrogen-bond donors (Lipinski definition) is 6. The standard InChI is InChI=1S/C64H123NO8/c1-3-5-7-9-11-13-15-17-19-21-22-23-24-25-26-27-28-29-30-31-32-33-34-35-36-38-39-41-43-45-47-49-51-53-58(67)57(56-72-64-63(71)62(70)61(69)59(55-66)73-64)65-60(68)54-52-50-48-46-44-42-40-37-20-18-16-14-12-10-8-6-4-2/h12,14,18,20,57-59,61-64,66-67,69-71H,3-11,13,15-17,19,21-56H2,1-2H3,(H,65,68)/b14-12-,20-18-. The van der Waals surface area contributed by atoms with Gasteiger partial charge in [-0.25, -0.2) is 0 Å². The van der Waals surface area contributed by atoms with E-state index in [2.05, 4.69) is 43.5 Å². The third-order valence-corrected chi connectivity index (χ3v) is 15.6. The Kier molecular flexibility index (Phi) is 51.6. The fraction of sp³-hybridized carbons (Fsp3) is 0.922. The van der Waals surface area contributed by atoms with Crippen molar-refractivity contribution in [2.24, 2.45) is 0 Å². The summed E-state index contributed by atoms with van der Waals surface area (Å²) in [5.41, 5.74) is 0. The van der Waals surface area contributed by atoms with Crippen LogP contribution in [0.5, 0.6) is 0 Å². The summed E-state index contributed by atoms with van der Waals surface area (Å²) in [6.07, 6.45) is 62.4. The zero-order valence-corrected chi connectivity index (χ0v) is 48.2. The molecule has 0 aromatic heterocycles. The second kappa shape index (κ2) is 54.0. The molecule has 1 aliphatic rings. The van der Waals surface area contributed by atoms with E-state index < -0.39 is 49.5 Å². The molecule has 0 spiro atoms. The lowest BCUT2D eigenvalue weighted by molar-refractivity contribution is -0.302. The Labute approximate surface area is 451 Å². The van der Waals surface area contributed by atoms with Gasteiger partial charge in [0.15, 0.2) is 6.29 Å². The van der Waals surface area contributed by atoms with E-state index in [9.17, 15) is 30.3 Å². The van der Waals surface area contributed by atoms with Crippen LogP contribution in [-0.2, 0) is 14.3 Å². The first-order valence-electron chi connectivity index (χ1n) is 32.0. The van der Waals surface area contributed by atoms with Crippen molar-refractivity contribution in [3.63, 3.8) is 0 Å². The zero-order chi connectivity index (χ0) is 52.9. The molecule has 1 fully saturated rings. The number of allylic oxidation sites excluding steroid dienone is 4. The Balaban J connectivity index is 2.10. The Morgan fingerprint density at radius 2 is 0.808 bits per heavy atom. The van der Waals surface area contributed by atoms with Crippen LogP contribution in [0.25, 0.3) is 0 Å². The van der Waals surface area contributed by atoms with E-state index in [0.717, 1.165) is 51.4 Å². The first-order chi connectivity index (χ1) is 35.8. The van der Waals surface area contributed by atoms with E-state index in [-0.39, 0.29) is 12.5 Å². The summed E-state index contributed by atoms with van der Waals surface area (Å²) < 4.78 is 11.3. The predicted octanol–water partition coefficient (Wildman–Crippen LogP) is 16.5. The monoisotopic (exact) mass is 1030 g/mol. The van der Waals surface area contributed by atoms with Gasteiger partial charge in [-0.1, -0.05) is 295 Å². The molecule has 0 saturated carbocycles. The second-order valence-electron chi connectivity index (χ2n) is 22.6. The van der Waals surface area contributed by atoms with Gasteiger partial charge < -0.3 is 40.3 Å². The third kappa shape index (κ3) is 43.4. The van der Waals surface area contributed by atoms with Gasteiger partial charge in [-0.05, 0) is 44.9 Å². The molecular weight excluding hydrogens is 911 g/mol. The van der Waals surface area contributed by atoms with Crippen molar-refractivity contribution in [2.75, 3.05) is 13.2 Å². The zero-order valence-electron chi connectivity index (χ0n) is 48.2. The number of aliphatic hydroxyl groups is 5. The number of amides is 1. The van der Waals surface area contributed by atoms with Gasteiger partial charge in [0.05, 0.1) is 25.4 Å². The van der Waals surface area contributed by atoms with Crippen molar-refractivity contribution in [3.8, 4) is 0 Å². The lowest BCUT2D eigenvalue weighted by Gasteiger charge is -2.40. The van der Waals surface area contributed by atoms with Gasteiger partial charge >= 0.3 is 0 Å². The summed E-state index contributed by atoms with van der Waals surface area (Å²) >= 11 is 0. The minimum atomic E-state index is -1.55. The van der Waals surface area contributed by atoms with Crippen molar-refractivity contribution in [3.05, 3.63) is 24.3 Å². The fourth-order valence-corrected chi connectivity index (χ4v) is 10.5. The summed E-state index contributed by atoms with van der Waals surface area (Å²) in [6.45, 7) is 3.85. The minimum Gasteiger partial charge on any atom is -0.394 e. The molecule has 1 heterocycles. The first-order valence-corrected chi connectivity index (χ1v) is 32.0. The van der Waals surface area contributed by atoms with Gasteiger partial charge in [0.1, 0.15) is 24.4 Å². The van der Waals surface area contributed by atoms with E-state index in [0.29, 0.717) is 12.8 Å². The highest BCUT2D eigenvalue weighted by molar-refractivity contribution is 5.76. The summed E-state index contributed by atoms with van der Waals surface area (Å²) in [7, 11) is 0. The molecule has 0 bridgehead atoms. The first kappa shape index (κ1) is 69.7. The molecule has 0 radical (unpaired) electrons. The minimum absolute atomic E-state index is 0.139. The topological polar surface area (TPSA) is 149 Å². The van der Waals surface area contributed by atoms with Gasteiger partial charge in [0.25, 0.3) is 0 Å². The Morgan fingerprint density at radius 3 is 1.21 bits per heavy atom. The number of ether oxygens (including phenoxy) is 2. The van der Waals surface area contributed by atoms with Crippen molar-refractivity contribution < 1.29 is 39.8 Å². The highest BCUT2D eigenvalue weighted by Crippen LogP contribution is 2.24. The Bertz CT molecular complexity index is 1200. The number of rotatable bonds is 56. The summed E-state index contributed by atoms with van der Waals surface area (Å²) in [4.78, 5) is 13.1. The molecule has 1 rings (SSSR count). The molecule has 0 aliphatic carbocycles. The lowest BCUT2D eigenvalue weighted by Crippen LogP contribution is -2.60. The van der Waals surface area contributed by atoms with E-state index in [1.165, 1.54) is 244 Å². The van der Waals surface area contributed by atoms with Gasteiger partial charge in [-0.2, -0.15) is 0 Å². The SMILES string of the molecule is CCCCC/C=C\C/C=C\CCCCCCCCCC(=O)NC(COC1OC(CO)C(O)C(O)C1O)C(O)CCCCCCCCCCCCCCCCCCCCCCCCCCCCCCCCCCC. The van der Waals surface area contributed by atoms with Gasteiger partial charge in [-0.3, -0.25) is 4.79 Å². The summed E-state index contributed by atoms with van der Waals surface area (Å²) in [5.74, 6) is -0.148. The Morgan fingerprint density at radius 1 is 0.466 bits per heavy atom. The maximum Gasteiger partial charge on any atom is 0.220 e. The normalized spacial score (nSPS) is 19.1. The van der Waals surface area contributed by atoms with Crippen LogP contribution in [0, 0.1) is 0 Å². The highest BCUT2D eigenvalue weighted by Gasteiger charge is 2.44. The summed E-state index contributed by atoms with van der Waals surface area (Å²) in [6, 6.07) is -0.723.